The lowest BCUT2D eigenvalue weighted by atomic mass is 10.2. The van der Waals surface area contributed by atoms with Crippen molar-refractivity contribution in [2.45, 2.75) is 43.9 Å². The summed E-state index contributed by atoms with van der Waals surface area (Å²) in [5.41, 5.74) is 1.00. The van der Waals surface area contributed by atoms with Gasteiger partial charge in [0.1, 0.15) is 5.25 Å². The van der Waals surface area contributed by atoms with Crippen LogP contribution in [0.3, 0.4) is 0 Å². The highest BCUT2D eigenvalue weighted by molar-refractivity contribution is 7.91. The van der Waals surface area contributed by atoms with Gasteiger partial charge in [-0.15, -0.1) is 0 Å². The van der Waals surface area contributed by atoms with Gasteiger partial charge in [0.25, 0.3) is 0 Å². The van der Waals surface area contributed by atoms with Crippen molar-refractivity contribution in [1.29, 1.82) is 0 Å². The highest BCUT2D eigenvalue weighted by Gasteiger charge is 2.29. The fourth-order valence-electron chi connectivity index (χ4n) is 2.54. The molecule has 0 fully saturated rings. The van der Waals surface area contributed by atoms with Gasteiger partial charge in [-0.2, -0.15) is 0 Å². The third-order valence-corrected chi connectivity index (χ3v) is 5.81. The molecule has 1 aromatic heterocycles. The van der Waals surface area contributed by atoms with E-state index in [1.165, 1.54) is 0 Å². The maximum absolute atomic E-state index is 12.7. The van der Waals surface area contributed by atoms with Crippen LogP contribution in [0.15, 0.2) is 40.0 Å². The number of imidazole rings is 1. The minimum atomic E-state index is -3.52. The van der Waals surface area contributed by atoms with Crippen molar-refractivity contribution in [3.63, 3.8) is 0 Å². The molecule has 0 radical (unpaired) electrons. The fourth-order valence-corrected chi connectivity index (χ4v) is 3.99. The summed E-state index contributed by atoms with van der Waals surface area (Å²) in [6, 6.07) is 8.32. The standard InChI is InChI=1S/C15H20N2O3S/c1-4-13-14(16-15(18)17(13)5-2)11(3)21(19,20)12-9-7-6-8-10-12/h6-11H,4-5H2,1-3H3,(H,16,18)/t11-/m0/s1. The average Bonchev–Trinajstić information content (AvgIpc) is 2.82. The molecule has 21 heavy (non-hydrogen) atoms. The van der Waals surface area contributed by atoms with Crippen LogP contribution in [0.4, 0.5) is 0 Å². The van der Waals surface area contributed by atoms with Crippen LogP contribution in [-0.2, 0) is 22.8 Å². The van der Waals surface area contributed by atoms with E-state index in [-0.39, 0.29) is 10.6 Å². The van der Waals surface area contributed by atoms with Crippen LogP contribution in [0.5, 0.6) is 0 Å². The van der Waals surface area contributed by atoms with Crippen molar-refractivity contribution in [2.75, 3.05) is 0 Å². The van der Waals surface area contributed by atoms with E-state index in [1.807, 2.05) is 13.8 Å². The fraction of sp³-hybridized carbons (Fsp3) is 0.400. The van der Waals surface area contributed by atoms with E-state index < -0.39 is 15.1 Å². The van der Waals surface area contributed by atoms with Gasteiger partial charge < -0.3 is 4.98 Å². The largest absolute Gasteiger partial charge is 0.325 e. The quantitative estimate of drug-likeness (QED) is 0.921. The summed E-state index contributed by atoms with van der Waals surface area (Å²) in [6.45, 7) is 5.93. The van der Waals surface area contributed by atoms with Crippen molar-refractivity contribution < 1.29 is 8.42 Å². The molecular weight excluding hydrogens is 288 g/mol. The molecule has 0 unspecified atom stereocenters. The van der Waals surface area contributed by atoms with Crippen LogP contribution in [0.25, 0.3) is 0 Å². The maximum Gasteiger partial charge on any atom is 0.325 e. The van der Waals surface area contributed by atoms with Crippen molar-refractivity contribution in [3.8, 4) is 0 Å². The molecule has 1 aromatic carbocycles. The number of rotatable bonds is 5. The molecule has 2 rings (SSSR count). The Hall–Kier alpha value is -1.82. The number of H-pyrrole nitrogens is 1. The first-order valence-electron chi connectivity index (χ1n) is 7.04. The second kappa shape index (κ2) is 5.89. The van der Waals surface area contributed by atoms with Gasteiger partial charge in [0, 0.05) is 12.2 Å². The SMILES string of the molecule is CCc1c([C@H](C)S(=O)(=O)c2ccccc2)[nH]c(=O)n1CC. The van der Waals surface area contributed by atoms with Gasteiger partial charge in [-0.05, 0) is 32.4 Å². The normalized spacial score (nSPS) is 13.3. The Balaban J connectivity index is 2.55. The molecule has 1 N–H and O–H groups in total. The zero-order chi connectivity index (χ0) is 15.6. The minimum Gasteiger partial charge on any atom is -0.308 e. The summed E-state index contributed by atoms with van der Waals surface area (Å²) < 4.78 is 26.9. The summed E-state index contributed by atoms with van der Waals surface area (Å²) in [7, 11) is -3.52. The lowest BCUT2D eigenvalue weighted by molar-refractivity contribution is 0.584. The monoisotopic (exact) mass is 308 g/mol. The number of hydrogen-bond donors (Lipinski definition) is 1. The number of sulfone groups is 1. The van der Waals surface area contributed by atoms with Crippen LogP contribution < -0.4 is 5.69 Å². The Morgan fingerprint density at radius 3 is 2.33 bits per heavy atom. The van der Waals surface area contributed by atoms with E-state index in [9.17, 15) is 13.2 Å². The van der Waals surface area contributed by atoms with Crippen LogP contribution in [0.1, 0.15) is 37.4 Å². The molecule has 0 saturated heterocycles. The van der Waals surface area contributed by atoms with Gasteiger partial charge in [-0.3, -0.25) is 4.57 Å². The molecule has 1 atom stereocenters. The van der Waals surface area contributed by atoms with Crippen molar-refractivity contribution in [2.24, 2.45) is 0 Å². The topological polar surface area (TPSA) is 71.9 Å². The second-order valence-electron chi connectivity index (χ2n) is 4.89. The Morgan fingerprint density at radius 2 is 1.81 bits per heavy atom. The zero-order valence-corrected chi connectivity index (χ0v) is 13.3. The predicted molar refractivity (Wildman–Crippen MR) is 82.1 cm³/mol. The first-order chi connectivity index (χ1) is 9.93. The Bertz CT molecular complexity index is 773. The highest BCUT2D eigenvalue weighted by atomic mass is 32.2. The molecular formula is C15H20N2O3S. The first-order valence-corrected chi connectivity index (χ1v) is 8.58. The van der Waals surface area contributed by atoms with Gasteiger partial charge in [-0.25, -0.2) is 13.2 Å². The van der Waals surface area contributed by atoms with Crippen LogP contribution in [0, 0.1) is 0 Å². The lowest BCUT2D eigenvalue weighted by Crippen LogP contribution is -2.17. The van der Waals surface area contributed by atoms with E-state index in [1.54, 1.807) is 41.8 Å². The van der Waals surface area contributed by atoms with E-state index >= 15 is 0 Å². The molecule has 0 bridgehead atoms. The van der Waals surface area contributed by atoms with Crippen molar-refractivity contribution in [1.82, 2.24) is 9.55 Å². The van der Waals surface area contributed by atoms with E-state index in [2.05, 4.69) is 4.98 Å². The lowest BCUT2D eigenvalue weighted by Gasteiger charge is -2.14. The van der Waals surface area contributed by atoms with Gasteiger partial charge in [-0.1, -0.05) is 25.1 Å². The third kappa shape index (κ3) is 2.68. The molecule has 6 heteroatoms. The molecule has 0 aliphatic heterocycles. The van der Waals surface area contributed by atoms with Crippen LogP contribution in [0.2, 0.25) is 0 Å². The minimum absolute atomic E-state index is 0.250. The molecule has 0 aliphatic carbocycles. The molecule has 114 valence electrons. The molecule has 0 amide bonds. The van der Waals surface area contributed by atoms with Gasteiger partial charge in [0.05, 0.1) is 10.6 Å². The van der Waals surface area contributed by atoms with Gasteiger partial charge in [0.2, 0.25) is 0 Å². The smallest absolute Gasteiger partial charge is 0.308 e. The summed E-state index contributed by atoms with van der Waals surface area (Å²) in [6.07, 6.45) is 0.608. The second-order valence-corrected chi connectivity index (χ2v) is 7.16. The zero-order valence-electron chi connectivity index (χ0n) is 12.5. The van der Waals surface area contributed by atoms with Crippen LogP contribution in [-0.4, -0.2) is 18.0 Å². The van der Waals surface area contributed by atoms with E-state index in [0.717, 1.165) is 5.69 Å². The molecule has 0 saturated carbocycles. The number of nitrogens with one attached hydrogen (secondary N) is 1. The predicted octanol–water partition coefficient (Wildman–Crippen LogP) is 2.29. The number of hydrogen-bond acceptors (Lipinski definition) is 3. The van der Waals surface area contributed by atoms with Crippen molar-refractivity contribution in [3.05, 3.63) is 52.2 Å². The maximum atomic E-state index is 12.7. The summed E-state index contributed by atoms with van der Waals surface area (Å²) in [4.78, 5) is 14.9. The Morgan fingerprint density at radius 1 is 1.19 bits per heavy atom. The molecule has 5 nitrogen and oxygen atoms in total. The molecule has 0 aliphatic rings. The number of benzene rings is 1. The Kier molecular flexibility index (Phi) is 4.37. The van der Waals surface area contributed by atoms with Gasteiger partial charge >= 0.3 is 5.69 Å². The summed E-state index contributed by atoms with van der Waals surface area (Å²) in [5, 5.41) is -0.782. The van der Waals surface area contributed by atoms with Crippen molar-refractivity contribution >= 4 is 9.84 Å². The first kappa shape index (κ1) is 15.6. The van der Waals surface area contributed by atoms with Crippen LogP contribution >= 0.6 is 0 Å². The number of aromatic nitrogens is 2. The number of nitrogens with zero attached hydrogens (tertiary/aromatic N) is 1. The summed E-state index contributed by atoms with van der Waals surface area (Å²) >= 11 is 0. The van der Waals surface area contributed by atoms with E-state index in [4.69, 9.17) is 0 Å². The van der Waals surface area contributed by atoms with E-state index in [0.29, 0.717) is 18.7 Å². The van der Waals surface area contributed by atoms with Gasteiger partial charge in [0.15, 0.2) is 9.84 Å². The summed E-state index contributed by atoms with van der Waals surface area (Å²) in [5.74, 6) is 0. The molecule has 1 heterocycles. The number of aromatic amines is 1. The third-order valence-electron chi connectivity index (χ3n) is 3.72. The molecule has 0 spiro atoms. The Labute approximate surface area is 124 Å². The molecule has 2 aromatic rings. The average molecular weight is 308 g/mol. The highest BCUT2D eigenvalue weighted by Crippen LogP contribution is 2.29.